The Morgan fingerprint density at radius 3 is 2.70 bits per heavy atom. The molecule has 3 rings (SSSR count). The molecule has 0 amide bonds. The average Bonchev–Trinajstić information content (AvgIpc) is 2.88. The van der Waals surface area contributed by atoms with Gasteiger partial charge in [0.1, 0.15) is 17.9 Å². The van der Waals surface area contributed by atoms with Crippen LogP contribution in [0.4, 0.5) is 5.82 Å². The van der Waals surface area contributed by atoms with Gasteiger partial charge in [0.25, 0.3) is 0 Å². The summed E-state index contributed by atoms with van der Waals surface area (Å²) in [6.07, 6.45) is 1.54. The molecule has 3 aromatic rings. The summed E-state index contributed by atoms with van der Waals surface area (Å²) in [7, 11) is 0. The van der Waals surface area contributed by atoms with Gasteiger partial charge < -0.3 is 9.73 Å². The van der Waals surface area contributed by atoms with Gasteiger partial charge in [-0.1, -0.05) is 0 Å². The maximum absolute atomic E-state index is 5.63. The summed E-state index contributed by atoms with van der Waals surface area (Å²) in [6.45, 7) is 9.04. The molecule has 3 aromatic heterocycles. The largest absolute Gasteiger partial charge is 0.443 e. The van der Waals surface area contributed by atoms with Crippen molar-refractivity contribution in [3.05, 3.63) is 39.0 Å². The Balaban J connectivity index is 1.93. The van der Waals surface area contributed by atoms with Gasteiger partial charge in [0.15, 0.2) is 0 Å². The van der Waals surface area contributed by atoms with Gasteiger partial charge >= 0.3 is 0 Å². The Morgan fingerprint density at radius 1 is 1.20 bits per heavy atom. The Labute approximate surface area is 121 Å². The van der Waals surface area contributed by atoms with Gasteiger partial charge in [-0.15, -0.1) is 11.3 Å². The zero-order chi connectivity index (χ0) is 14.3. The third-order valence-corrected chi connectivity index (χ3v) is 4.56. The van der Waals surface area contributed by atoms with E-state index in [2.05, 4.69) is 35.2 Å². The van der Waals surface area contributed by atoms with E-state index in [1.54, 1.807) is 6.33 Å². The van der Waals surface area contributed by atoms with Crippen molar-refractivity contribution in [2.45, 2.75) is 34.2 Å². The van der Waals surface area contributed by atoms with Crippen LogP contribution in [-0.4, -0.2) is 9.97 Å². The van der Waals surface area contributed by atoms with Gasteiger partial charge in [-0.05, 0) is 39.3 Å². The summed E-state index contributed by atoms with van der Waals surface area (Å²) >= 11 is 1.82. The number of anilines is 1. The van der Waals surface area contributed by atoms with E-state index in [0.29, 0.717) is 5.71 Å². The van der Waals surface area contributed by atoms with Gasteiger partial charge in [0.2, 0.25) is 5.71 Å². The molecular weight excluding hydrogens is 270 g/mol. The second-order valence-electron chi connectivity index (χ2n) is 4.98. The lowest BCUT2D eigenvalue weighted by molar-refractivity contribution is 0.564. The molecule has 104 valence electrons. The predicted molar refractivity (Wildman–Crippen MR) is 82.4 cm³/mol. The number of fused-ring (bicyclic) bond motifs is 1. The molecule has 0 aliphatic heterocycles. The summed E-state index contributed by atoms with van der Waals surface area (Å²) in [5.41, 5.74) is 3.06. The number of hydrogen-bond acceptors (Lipinski definition) is 5. The molecule has 0 saturated carbocycles. The van der Waals surface area contributed by atoms with Gasteiger partial charge in [0, 0.05) is 21.9 Å². The van der Waals surface area contributed by atoms with Crippen LogP contribution in [0.1, 0.15) is 26.6 Å². The summed E-state index contributed by atoms with van der Waals surface area (Å²) < 4.78 is 5.63. The number of nitrogens with one attached hydrogen (secondary N) is 1. The molecule has 0 aliphatic rings. The van der Waals surface area contributed by atoms with E-state index in [0.717, 1.165) is 29.1 Å². The van der Waals surface area contributed by atoms with Gasteiger partial charge in [-0.25, -0.2) is 9.97 Å². The van der Waals surface area contributed by atoms with Crippen LogP contribution in [0.3, 0.4) is 0 Å². The zero-order valence-corrected chi connectivity index (χ0v) is 12.9. The lowest BCUT2D eigenvalue weighted by Gasteiger charge is -2.06. The fourth-order valence-corrected chi connectivity index (χ4v) is 3.30. The highest BCUT2D eigenvalue weighted by atomic mass is 32.1. The van der Waals surface area contributed by atoms with Crippen LogP contribution >= 0.6 is 11.3 Å². The van der Waals surface area contributed by atoms with Crippen LogP contribution in [0.2, 0.25) is 0 Å². The number of aromatic nitrogens is 2. The second kappa shape index (κ2) is 4.90. The Hall–Kier alpha value is -1.88. The first-order valence-corrected chi connectivity index (χ1v) is 7.38. The first-order valence-electron chi connectivity index (χ1n) is 6.56. The zero-order valence-electron chi connectivity index (χ0n) is 12.1. The summed E-state index contributed by atoms with van der Waals surface area (Å²) in [6, 6.07) is 2.22. The molecule has 0 spiro atoms. The van der Waals surface area contributed by atoms with Crippen molar-refractivity contribution in [2.24, 2.45) is 0 Å². The molecular formula is C15H17N3OS. The van der Waals surface area contributed by atoms with Gasteiger partial charge in [-0.2, -0.15) is 0 Å². The van der Waals surface area contributed by atoms with Crippen LogP contribution in [-0.2, 0) is 6.54 Å². The van der Waals surface area contributed by atoms with Crippen molar-refractivity contribution in [3.63, 3.8) is 0 Å². The number of thiophene rings is 1. The maximum atomic E-state index is 5.63. The van der Waals surface area contributed by atoms with E-state index < -0.39 is 0 Å². The minimum atomic E-state index is 0.649. The number of furan rings is 1. The molecule has 0 unspecified atom stereocenters. The highest BCUT2D eigenvalue weighted by molar-refractivity contribution is 7.12. The number of hydrogen-bond donors (Lipinski definition) is 1. The van der Waals surface area contributed by atoms with Crippen molar-refractivity contribution >= 4 is 28.3 Å². The Morgan fingerprint density at radius 2 is 2.00 bits per heavy atom. The van der Waals surface area contributed by atoms with Crippen LogP contribution in [0, 0.1) is 27.7 Å². The van der Waals surface area contributed by atoms with Gasteiger partial charge in [0.05, 0.1) is 5.39 Å². The molecule has 3 heterocycles. The summed E-state index contributed by atoms with van der Waals surface area (Å²) in [5, 5.41) is 4.39. The molecule has 0 saturated heterocycles. The molecule has 5 heteroatoms. The lowest BCUT2D eigenvalue weighted by atomic mass is 10.2. The number of rotatable bonds is 3. The molecule has 0 atom stereocenters. The van der Waals surface area contributed by atoms with Crippen molar-refractivity contribution in [3.8, 4) is 0 Å². The smallest absolute Gasteiger partial charge is 0.231 e. The number of aryl methyl sites for hydroxylation is 4. The van der Waals surface area contributed by atoms with Crippen molar-refractivity contribution < 1.29 is 4.42 Å². The average molecular weight is 287 g/mol. The fourth-order valence-electron chi connectivity index (χ4n) is 2.35. The van der Waals surface area contributed by atoms with Crippen LogP contribution in [0.5, 0.6) is 0 Å². The first kappa shape index (κ1) is 13.1. The molecule has 0 aromatic carbocycles. The van der Waals surface area contributed by atoms with E-state index in [1.807, 2.05) is 25.2 Å². The Bertz CT molecular complexity index is 773. The van der Waals surface area contributed by atoms with Gasteiger partial charge in [-0.3, -0.25) is 0 Å². The molecule has 0 fully saturated rings. The van der Waals surface area contributed by atoms with Crippen LogP contribution in [0.15, 0.2) is 16.8 Å². The van der Waals surface area contributed by atoms with E-state index in [4.69, 9.17) is 4.42 Å². The standard InChI is InChI=1S/C15H17N3OS/c1-8-5-12(11(4)20-8)6-16-14-13-9(2)10(3)19-15(13)18-7-17-14/h5,7H,6H2,1-4H3,(H,16,17,18). The predicted octanol–water partition coefficient (Wildman–Crippen LogP) is 4.13. The topological polar surface area (TPSA) is 51.0 Å². The molecule has 0 bridgehead atoms. The molecule has 4 nitrogen and oxygen atoms in total. The molecule has 1 N–H and O–H groups in total. The van der Waals surface area contributed by atoms with Crippen LogP contribution < -0.4 is 5.32 Å². The maximum Gasteiger partial charge on any atom is 0.231 e. The second-order valence-corrected chi connectivity index (χ2v) is 6.44. The lowest BCUT2D eigenvalue weighted by Crippen LogP contribution is -2.02. The minimum Gasteiger partial charge on any atom is -0.443 e. The van der Waals surface area contributed by atoms with E-state index in [9.17, 15) is 0 Å². The molecule has 0 aliphatic carbocycles. The molecule has 0 radical (unpaired) electrons. The highest BCUT2D eigenvalue weighted by Gasteiger charge is 2.13. The monoisotopic (exact) mass is 287 g/mol. The minimum absolute atomic E-state index is 0.649. The Kier molecular flexibility index (Phi) is 3.22. The normalized spacial score (nSPS) is 11.2. The number of nitrogens with zero attached hydrogens (tertiary/aromatic N) is 2. The molecule has 20 heavy (non-hydrogen) atoms. The van der Waals surface area contributed by atoms with E-state index >= 15 is 0 Å². The quantitative estimate of drug-likeness (QED) is 0.787. The summed E-state index contributed by atoms with van der Waals surface area (Å²) in [5.74, 6) is 1.73. The van der Waals surface area contributed by atoms with Crippen molar-refractivity contribution in [1.29, 1.82) is 0 Å². The SMILES string of the molecule is Cc1cc(CNc2ncnc3oc(C)c(C)c23)c(C)s1. The van der Waals surface area contributed by atoms with E-state index in [-0.39, 0.29) is 0 Å². The summed E-state index contributed by atoms with van der Waals surface area (Å²) in [4.78, 5) is 11.2. The van der Waals surface area contributed by atoms with Crippen molar-refractivity contribution in [1.82, 2.24) is 9.97 Å². The van der Waals surface area contributed by atoms with Crippen LogP contribution in [0.25, 0.3) is 11.1 Å². The van der Waals surface area contributed by atoms with Crippen molar-refractivity contribution in [2.75, 3.05) is 5.32 Å². The highest BCUT2D eigenvalue weighted by Crippen LogP contribution is 2.29. The van der Waals surface area contributed by atoms with E-state index in [1.165, 1.54) is 15.3 Å². The third kappa shape index (κ3) is 2.18. The fraction of sp³-hybridized carbons (Fsp3) is 0.333. The first-order chi connectivity index (χ1) is 9.56. The third-order valence-electron chi connectivity index (χ3n) is 3.56.